The summed E-state index contributed by atoms with van der Waals surface area (Å²) in [6.07, 6.45) is 8.69. The molecule has 1 aliphatic carbocycles. The third kappa shape index (κ3) is 1.70. The summed E-state index contributed by atoms with van der Waals surface area (Å²) < 4.78 is 0. The third-order valence-electron chi connectivity index (χ3n) is 2.72. The van der Waals surface area contributed by atoms with Crippen LogP contribution in [0.2, 0.25) is 0 Å². The van der Waals surface area contributed by atoms with Gasteiger partial charge in [-0.15, -0.1) is 0 Å². The smallest absolute Gasteiger partial charge is 0.101 e. The summed E-state index contributed by atoms with van der Waals surface area (Å²) in [5.41, 5.74) is 1.93. The molecule has 1 heterocycles. The van der Waals surface area contributed by atoms with Crippen molar-refractivity contribution in [1.29, 1.82) is 5.26 Å². The van der Waals surface area contributed by atoms with Gasteiger partial charge in [-0.2, -0.15) is 5.26 Å². The van der Waals surface area contributed by atoms with Crippen LogP contribution >= 0.6 is 0 Å². The van der Waals surface area contributed by atoms with Crippen molar-refractivity contribution in [2.75, 3.05) is 0 Å². The van der Waals surface area contributed by atoms with Crippen LogP contribution in [0.25, 0.3) is 0 Å². The van der Waals surface area contributed by atoms with E-state index in [2.05, 4.69) is 11.1 Å². The zero-order valence-corrected chi connectivity index (χ0v) is 7.53. The lowest BCUT2D eigenvalue weighted by molar-refractivity contribution is 0.719. The average Bonchev–Trinajstić information content (AvgIpc) is 2.71. The fourth-order valence-corrected chi connectivity index (χ4v) is 2.00. The molecule has 0 N–H and O–H groups in total. The van der Waals surface area contributed by atoms with Crippen molar-refractivity contribution in [1.82, 2.24) is 4.98 Å². The van der Waals surface area contributed by atoms with E-state index in [-0.39, 0.29) is 0 Å². The topological polar surface area (TPSA) is 36.7 Å². The van der Waals surface area contributed by atoms with Gasteiger partial charge in [0.1, 0.15) is 6.07 Å². The van der Waals surface area contributed by atoms with E-state index in [1.165, 1.54) is 31.2 Å². The highest BCUT2D eigenvalue weighted by Gasteiger charge is 2.17. The fourth-order valence-electron chi connectivity index (χ4n) is 2.00. The van der Waals surface area contributed by atoms with E-state index in [1.54, 1.807) is 6.20 Å². The molecule has 0 saturated heterocycles. The zero-order chi connectivity index (χ0) is 9.10. The molecule has 0 unspecified atom stereocenters. The normalized spacial score (nSPS) is 17.2. The van der Waals surface area contributed by atoms with E-state index < -0.39 is 0 Å². The maximum absolute atomic E-state index is 8.71. The van der Waals surface area contributed by atoms with Gasteiger partial charge in [0.15, 0.2) is 0 Å². The van der Waals surface area contributed by atoms with Crippen LogP contribution in [0.1, 0.15) is 42.7 Å². The summed E-state index contributed by atoms with van der Waals surface area (Å²) in [5, 5.41) is 8.71. The molecular formula is C11H12N2. The van der Waals surface area contributed by atoms with E-state index >= 15 is 0 Å². The van der Waals surface area contributed by atoms with Crippen LogP contribution in [0.3, 0.4) is 0 Å². The fraction of sp³-hybridized carbons (Fsp3) is 0.455. The molecule has 0 amide bonds. The quantitative estimate of drug-likeness (QED) is 0.652. The molecule has 0 aliphatic heterocycles. The first kappa shape index (κ1) is 8.25. The summed E-state index contributed by atoms with van der Waals surface area (Å²) in [7, 11) is 0. The number of nitriles is 1. The van der Waals surface area contributed by atoms with Gasteiger partial charge in [-0.1, -0.05) is 12.8 Å². The lowest BCUT2D eigenvalue weighted by Crippen LogP contribution is -1.93. The predicted molar refractivity (Wildman–Crippen MR) is 50.2 cm³/mol. The number of hydrogen-bond donors (Lipinski definition) is 0. The molecule has 0 aromatic carbocycles. The second-order valence-corrected chi connectivity index (χ2v) is 3.60. The van der Waals surface area contributed by atoms with Gasteiger partial charge in [-0.05, 0) is 30.4 Å². The minimum absolute atomic E-state index is 0.654. The van der Waals surface area contributed by atoms with E-state index in [0.717, 1.165) is 0 Å². The second-order valence-electron chi connectivity index (χ2n) is 3.60. The molecule has 1 aromatic rings. The van der Waals surface area contributed by atoms with E-state index in [0.29, 0.717) is 11.5 Å². The Morgan fingerprint density at radius 2 is 2.08 bits per heavy atom. The third-order valence-corrected chi connectivity index (χ3v) is 2.72. The van der Waals surface area contributed by atoms with Crippen molar-refractivity contribution in [3.63, 3.8) is 0 Å². The first-order chi connectivity index (χ1) is 6.40. The maximum atomic E-state index is 8.71. The van der Waals surface area contributed by atoms with E-state index in [1.807, 2.05) is 12.3 Å². The zero-order valence-electron chi connectivity index (χ0n) is 7.53. The largest absolute Gasteiger partial charge is 0.263 e. The van der Waals surface area contributed by atoms with Gasteiger partial charge in [0, 0.05) is 12.4 Å². The minimum atomic E-state index is 0.654. The van der Waals surface area contributed by atoms with Crippen LogP contribution in [0, 0.1) is 11.3 Å². The molecule has 1 fully saturated rings. The molecule has 66 valence electrons. The molecule has 2 nitrogen and oxygen atoms in total. The summed E-state index contributed by atoms with van der Waals surface area (Å²) in [4.78, 5) is 4.08. The highest BCUT2D eigenvalue weighted by atomic mass is 14.6. The first-order valence-electron chi connectivity index (χ1n) is 4.75. The lowest BCUT2D eigenvalue weighted by atomic mass is 9.99. The Labute approximate surface area is 78.2 Å². The van der Waals surface area contributed by atoms with Crippen LogP contribution < -0.4 is 0 Å². The number of rotatable bonds is 1. The van der Waals surface area contributed by atoms with Gasteiger partial charge in [0.25, 0.3) is 0 Å². The summed E-state index contributed by atoms with van der Waals surface area (Å²) in [6, 6.07) is 4.10. The Morgan fingerprint density at radius 3 is 2.77 bits per heavy atom. The van der Waals surface area contributed by atoms with Crippen molar-refractivity contribution in [2.24, 2.45) is 0 Å². The highest BCUT2D eigenvalue weighted by Crippen LogP contribution is 2.33. The van der Waals surface area contributed by atoms with Crippen molar-refractivity contribution in [3.05, 3.63) is 29.6 Å². The first-order valence-corrected chi connectivity index (χ1v) is 4.75. The molecule has 0 radical (unpaired) electrons. The average molecular weight is 172 g/mol. The van der Waals surface area contributed by atoms with Crippen LogP contribution in [-0.2, 0) is 0 Å². The molecular weight excluding hydrogens is 160 g/mol. The van der Waals surface area contributed by atoms with Gasteiger partial charge < -0.3 is 0 Å². The Balaban J connectivity index is 2.25. The van der Waals surface area contributed by atoms with Gasteiger partial charge >= 0.3 is 0 Å². The molecule has 2 rings (SSSR count). The van der Waals surface area contributed by atoms with Gasteiger partial charge in [-0.25, -0.2) is 0 Å². The van der Waals surface area contributed by atoms with E-state index in [9.17, 15) is 0 Å². The molecule has 0 atom stereocenters. The van der Waals surface area contributed by atoms with Crippen LogP contribution in [0.15, 0.2) is 18.5 Å². The van der Waals surface area contributed by atoms with Crippen molar-refractivity contribution >= 4 is 0 Å². The van der Waals surface area contributed by atoms with Crippen LogP contribution in [-0.4, -0.2) is 4.98 Å². The Hall–Kier alpha value is -1.36. The van der Waals surface area contributed by atoms with E-state index in [4.69, 9.17) is 5.26 Å². The summed E-state index contributed by atoms with van der Waals surface area (Å²) >= 11 is 0. The summed E-state index contributed by atoms with van der Waals surface area (Å²) in [5.74, 6) is 0.654. The van der Waals surface area contributed by atoms with Crippen molar-refractivity contribution < 1.29 is 0 Å². The standard InChI is InChI=1S/C11H12N2/c12-6-9-5-11(8-13-7-9)10-3-1-2-4-10/h5,7-8,10H,1-4H2. The minimum Gasteiger partial charge on any atom is -0.263 e. The van der Waals surface area contributed by atoms with Gasteiger partial charge in [0.2, 0.25) is 0 Å². The molecule has 13 heavy (non-hydrogen) atoms. The van der Waals surface area contributed by atoms with Crippen molar-refractivity contribution in [3.8, 4) is 6.07 Å². The Bertz CT molecular complexity index is 332. The van der Waals surface area contributed by atoms with Gasteiger partial charge in [0.05, 0.1) is 5.56 Å². The lowest BCUT2D eigenvalue weighted by Gasteiger charge is -2.07. The molecule has 0 bridgehead atoms. The monoisotopic (exact) mass is 172 g/mol. The van der Waals surface area contributed by atoms with Gasteiger partial charge in [-0.3, -0.25) is 4.98 Å². The maximum Gasteiger partial charge on any atom is 0.101 e. The number of aromatic nitrogens is 1. The number of nitrogens with zero attached hydrogens (tertiary/aromatic N) is 2. The molecule has 2 heteroatoms. The van der Waals surface area contributed by atoms with Crippen LogP contribution in [0.4, 0.5) is 0 Å². The second kappa shape index (κ2) is 3.57. The summed E-state index contributed by atoms with van der Waals surface area (Å²) in [6.45, 7) is 0. The predicted octanol–water partition coefficient (Wildman–Crippen LogP) is 2.61. The molecule has 0 spiro atoms. The Kier molecular flexibility index (Phi) is 2.27. The number of pyridine rings is 1. The van der Waals surface area contributed by atoms with Crippen LogP contribution in [0.5, 0.6) is 0 Å². The van der Waals surface area contributed by atoms with Crippen molar-refractivity contribution in [2.45, 2.75) is 31.6 Å². The number of hydrogen-bond acceptors (Lipinski definition) is 2. The highest BCUT2D eigenvalue weighted by molar-refractivity contribution is 5.31. The molecule has 1 aliphatic rings. The molecule has 1 saturated carbocycles. The SMILES string of the molecule is N#Cc1cncc(C2CCCC2)c1. The Morgan fingerprint density at radius 1 is 1.31 bits per heavy atom. The molecule has 1 aromatic heterocycles.